The van der Waals surface area contributed by atoms with Crippen LogP contribution in [-0.2, 0) is 13.6 Å². The van der Waals surface area contributed by atoms with Gasteiger partial charge < -0.3 is 19.5 Å². The van der Waals surface area contributed by atoms with Crippen molar-refractivity contribution in [1.82, 2.24) is 19.8 Å². The van der Waals surface area contributed by atoms with Gasteiger partial charge in [0.1, 0.15) is 16.5 Å². The summed E-state index contributed by atoms with van der Waals surface area (Å²) >= 11 is 1.45. The van der Waals surface area contributed by atoms with Gasteiger partial charge in [-0.05, 0) is 49.2 Å². The molecule has 1 atom stereocenters. The van der Waals surface area contributed by atoms with E-state index in [0.29, 0.717) is 23.2 Å². The molecule has 26 heavy (non-hydrogen) atoms. The number of imidazole rings is 1. The minimum atomic E-state index is 0. The lowest BCUT2D eigenvalue weighted by Crippen LogP contribution is -2.39. The second-order valence-electron chi connectivity index (χ2n) is 7.04. The molecule has 0 bridgehead atoms. The standard InChI is InChI=1S/C18H24N4O2S.ClH/c1-21-9-8-20-15(21)12-22(14-11-18(14)4-6-19-7-5-18)17(23)16-13(24-2)3-10-25-16;/h3,8-10,14,19H,4-7,11-12H2,1-2H3;1H. The van der Waals surface area contributed by atoms with Gasteiger partial charge in [0, 0.05) is 25.5 Å². The number of aryl methyl sites for hydroxylation is 1. The number of amides is 1. The van der Waals surface area contributed by atoms with E-state index in [9.17, 15) is 4.79 Å². The third-order valence-electron chi connectivity index (χ3n) is 5.66. The van der Waals surface area contributed by atoms with E-state index >= 15 is 0 Å². The molecule has 1 aliphatic heterocycles. The molecule has 142 valence electrons. The molecule has 2 aromatic heterocycles. The molecule has 1 N–H and O–H groups in total. The van der Waals surface area contributed by atoms with Crippen molar-refractivity contribution in [2.75, 3.05) is 20.2 Å². The maximum atomic E-state index is 13.3. The molecule has 2 fully saturated rings. The molecule has 0 radical (unpaired) electrons. The summed E-state index contributed by atoms with van der Waals surface area (Å²) in [5.41, 5.74) is 0.288. The molecule has 1 spiro atoms. The number of rotatable bonds is 5. The summed E-state index contributed by atoms with van der Waals surface area (Å²) in [7, 11) is 3.59. The van der Waals surface area contributed by atoms with Crippen molar-refractivity contribution >= 4 is 29.7 Å². The lowest BCUT2D eigenvalue weighted by atomic mass is 9.93. The Kier molecular flexibility index (Phi) is 5.60. The normalized spacial score (nSPS) is 20.5. The molecule has 1 unspecified atom stereocenters. The number of halogens is 1. The van der Waals surface area contributed by atoms with Crippen molar-refractivity contribution in [2.24, 2.45) is 12.5 Å². The van der Waals surface area contributed by atoms with Crippen molar-refractivity contribution in [3.05, 3.63) is 34.5 Å². The highest BCUT2D eigenvalue weighted by Crippen LogP contribution is 2.56. The van der Waals surface area contributed by atoms with Gasteiger partial charge in [-0.2, -0.15) is 0 Å². The molecule has 0 aromatic carbocycles. The van der Waals surface area contributed by atoms with Gasteiger partial charge in [0.2, 0.25) is 0 Å². The van der Waals surface area contributed by atoms with Crippen LogP contribution in [0.4, 0.5) is 0 Å². The predicted octanol–water partition coefficient (Wildman–Crippen LogP) is 2.70. The number of hydrogen-bond acceptors (Lipinski definition) is 5. The summed E-state index contributed by atoms with van der Waals surface area (Å²) < 4.78 is 7.37. The summed E-state index contributed by atoms with van der Waals surface area (Å²) in [5.74, 6) is 1.65. The van der Waals surface area contributed by atoms with Crippen LogP contribution >= 0.6 is 23.7 Å². The third kappa shape index (κ3) is 3.35. The van der Waals surface area contributed by atoms with E-state index in [-0.39, 0.29) is 23.7 Å². The molecule has 2 aliphatic rings. The lowest BCUT2D eigenvalue weighted by molar-refractivity contribution is 0.0687. The van der Waals surface area contributed by atoms with Gasteiger partial charge in [0.15, 0.2) is 0 Å². The van der Waals surface area contributed by atoms with Gasteiger partial charge >= 0.3 is 0 Å². The highest BCUT2D eigenvalue weighted by Gasteiger charge is 2.58. The Labute approximate surface area is 164 Å². The second kappa shape index (κ2) is 7.58. The highest BCUT2D eigenvalue weighted by molar-refractivity contribution is 7.12. The van der Waals surface area contributed by atoms with Crippen molar-refractivity contribution in [2.45, 2.75) is 31.8 Å². The Morgan fingerprint density at radius 3 is 2.92 bits per heavy atom. The zero-order valence-corrected chi connectivity index (χ0v) is 16.7. The Bertz CT molecular complexity index is 769. The van der Waals surface area contributed by atoms with Crippen LogP contribution in [0, 0.1) is 5.41 Å². The van der Waals surface area contributed by atoms with Crippen LogP contribution in [-0.4, -0.2) is 46.6 Å². The first kappa shape index (κ1) is 19.2. The molecule has 2 aromatic rings. The number of nitrogens with one attached hydrogen (secondary N) is 1. The van der Waals surface area contributed by atoms with Gasteiger partial charge in [-0.1, -0.05) is 0 Å². The van der Waals surface area contributed by atoms with E-state index in [0.717, 1.165) is 38.2 Å². The number of carbonyl (C=O) groups is 1. The Balaban J connectivity index is 0.00000196. The maximum Gasteiger partial charge on any atom is 0.268 e. The van der Waals surface area contributed by atoms with Gasteiger partial charge in [-0.25, -0.2) is 4.98 Å². The van der Waals surface area contributed by atoms with Crippen molar-refractivity contribution in [1.29, 1.82) is 0 Å². The quantitative estimate of drug-likeness (QED) is 0.844. The van der Waals surface area contributed by atoms with Crippen LogP contribution in [0.2, 0.25) is 0 Å². The molecule has 1 saturated carbocycles. The molecular weight excluding hydrogens is 372 g/mol. The van der Waals surface area contributed by atoms with Gasteiger partial charge in [0.05, 0.1) is 13.7 Å². The van der Waals surface area contributed by atoms with E-state index in [1.807, 2.05) is 34.2 Å². The Morgan fingerprint density at radius 2 is 2.27 bits per heavy atom. The first-order chi connectivity index (χ1) is 12.1. The fourth-order valence-electron chi connectivity index (χ4n) is 4.00. The number of aromatic nitrogens is 2. The molecule has 6 nitrogen and oxygen atoms in total. The molecule has 1 saturated heterocycles. The first-order valence-corrected chi connectivity index (χ1v) is 9.62. The molecule has 4 rings (SSSR count). The smallest absolute Gasteiger partial charge is 0.268 e. The topological polar surface area (TPSA) is 59.4 Å². The van der Waals surface area contributed by atoms with Gasteiger partial charge in [-0.15, -0.1) is 23.7 Å². The predicted molar refractivity (Wildman–Crippen MR) is 104 cm³/mol. The fourth-order valence-corrected chi connectivity index (χ4v) is 4.81. The molecule has 8 heteroatoms. The highest BCUT2D eigenvalue weighted by atomic mass is 35.5. The largest absolute Gasteiger partial charge is 0.495 e. The van der Waals surface area contributed by atoms with E-state index in [2.05, 4.69) is 10.3 Å². The monoisotopic (exact) mass is 396 g/mol. The summed E-state index contributed by atoms with van der Waals surface area (Å²) in [6, 6.07) is 2.16. The van der Waals surface area contributed by atoms with Crippen LogP contribution in [0.3, 0.4) is 0 Å². The van der Waals surface area contributed by atoms with Crippen molar-refractivity contribution < 1.29 is 9.53 Å². The number of piperidine rings is 1. The van der Waals surface area contributed by atoms with Crippen molar-refractivity contribution in [3.63, 3.8) is 0 Å². The van der Waals surface area contributed by atoms with E-state index in [1.54, 1.807) is 13.3 Å². The average Bonchev–Trinajstić information content (AvgIpc) is 3.00. The van der Waals surface area contributed by atoms with E-state index in [1.165, 1.54) is 11.3 Å². The van der Waals surface area contributed by atoms with Crippen LogP contribution in [0.5, 0.6) is 5.75 Å². The van der Waals surface area contributed by atoms with Crippen molar-refractivity contribution in [3.8, 4) is 5.75 Å². The Hall–Kier alpha value is -1.57. The molecule has 1 amide bonds. The fraction of sp³-hybridized carbons (Fsp3) is 0.556. The first-order valence-electron chi connectivity index (χ1n) is 8.74. The molecular formula is C18H25ClN4O2S. The number of thiophene rings is 1. The van der Waals surface area contributed by atoms with Crippen LogP contribution < -0.4 is 10.1 Å². The number of carbonyl (C=O) groups excluding carboxylic acids is 1. The Morgan fingerprint density at radius 1 is 1.50 bits per heavy atom. The molecule has 3 heterocycles. The zero-order chi connectivity index (χ0) is 17.4. The minimum Gasteiger partial charge on any atom is -0.495 e. The van der Waals surface area contributed by atoms with E-state index in [4.69, 9.17) is 4.74 Å². The summed E-state index contributed by atoms with van der Waals surface area (Å²) in [5, 5.41) is 5.35. The minimum absolute atomic E-state index is 0. The van der Waals surface area contributed by atoms with Crippen LogP contribution in [0.1, 0.15) is 34.8 Å². The zero-order valence-electron chi connectivity index (χ0n) is 15.1. The lowest BCUT2D eigenvalue weighted by Gasteiger charge is -2.29. The summed E-state index contributed by atoms with van der Waals surface area (Å²) in [6.07, 6.45) is 7.10. The summed E-state index contributed by atoms with van der Waals surface area (Å²) in [6.45, 7) is 2.63. The SMILES string of the molecule is COc1ccsc1C(=O)N(Cc1nccn1C)C1CC12CCNCC2.Cl. The third-order valence-corrected chi connectivity index (χ3v) is 6.54. The maximum absolute atomic E-state index is 13.3. The number of hydrogen-bond donors (Lipinski definition) is 1. The molecule has 1 aliphatic carbocycles. The van der Waals surface area contributed by atoms with Crippen LogP contribution in [0.15, 0.2) is 23.8 Å². The summed E-state index contributed by atoms with van der Waals surface area (Å²) in [4.78, 5) is 20.5. The number of nitrogens with zero attached hydrogens (tertiary/aromatic N) is 3. The number of methoxy groups -OCH3 is 1. The van der Waals surface area contributed by atoms with Gasteiger partial charge in [0.25, 0.3) is 5.91 Å². The van der Waals surface area contributed by atoms with Gasteiger partial charge in [-0.3, -0.25) is 4.79 Å². The average molecular weight is 397 g/mol. The van der Waals surface area contributed by atoms with E-state index < -0.39 is 0 Å². The van der Waals surface area contributed by atoms with Crippen LogP contribution in [0.25, 0.3) is 0 Å². The number of ether oxygens (including phenoxy) is 1. The second-order valence-corrected chi connectivity index (χ2v) is 7.95.